The van der Waals surface area contributed by atoms with E-state index in [0.717, 1.165) is 62.2 Å². The summed E-state index contributed by atoms with van der Waals surface area (Å²) in [6.45, 7) is 11.7. The molecule has 0 radical (unpaired) electrons. The minimum absolute atomic E-state index is 0.883. The molecule has 0 spiro atoms. The average Bonchev–Trinajstić information content (AvgIpc) is 3.23. The zero-order valence-corrected chi connectivity index (χ0v) is 18.5. The Kier molecular flexibility index (Phi) is 6.37. The molecule has 29 heavy (non-hydrogen) atoms. The lowest BCUT2D eigenvalue weighted by molar-refractivity contribution is 0.254. The van der Waals surface area contributed by atoms with Gasteiger partial charge in [-0.25, -0.2) is 4.98 Å². The molecule has 0 amide bonds. The molecule has 2 aromatic heterocycles. The van der Waals surface area contributed by atoms with Crippen LogP contribution >= 0.6 is 11.3 Å². The highest BCUT2D eigenvalue weighted by Crippen LogP contribution is 2.21. The molecule has 7 heteroatoms. The molecule has 0 aliphatic carbocycles. The summed E-state index contributed by atoms with van der Waals surface area (Å²) in [6, 6.07) is 8.40. The quantitative estimate of drug-likeness (QED) is 0.574. The van der Waals surface area contributed by atoms with Crippen LogP contribution in [0.2, 0.25) is 0 Å². The number of anilines is 1. The predicted molar refractivity (Wildman–Crippen MR) is 121 cm³/mol. The van der Waals surface area contributed by atoms with Gasteiger partial charge in [0.1, 0.15) is 5.75 Å². The van der Waals surface area contributed by atoms with Crippen LogP contribution in [0, 0.1) is 13.8 Å². The Hall–Kier alpha value is -2.09. The minimum atomic E-state index is 0.883. The Labute approximate surface area is 177 Å². The maximum Gasteiger partial charge on any atom is 0.194 e. The van der Waals surface area contributed by atoms with Gasteiger partial charge in [0.15, 0.2) is 4.96 Å². The maximum atomic E-state index is 5.25. The molecule has 1 fully saturated rings. The number of methoxy groups -OCH3 is 1. The van der Waals surface area contributed by atoms with Crippen LogP contribution in [0.5, 0.6) is 5.75 Å². The van der Waals surface area contributed by atoms with Gasteiger partial charge in [-0.15, -0.1) is 11.3 Å². The third-order valence-electron chi connectivity index (χ3n) is 5.67. The number of benzene rings is 1. The lowest BCUT2D eigenvalue weighted by atomic mass is 10.2. The SMILES string of the molecule is COc1ccc(N2CCN(CCCNCc3c(C)nc4sc(C)cn34)CC2)cc1. The first kappa shape index (κ1) is 20.2. The normalized spacial score (nSPS) is 15.3. The molecular weight excluding hydrogens is 382 g/mol. The van der Waals surface area contributed by atoms with Gasteiger partial charge in [0.25, 0.3) is 0 Å². The van der Waals surface area contributed by atoms with Crippen LogP contribution in [0.4, 0.5) is 5.69 Å². The first-order chi connectivity index (χ1) is 14.1. The van der Waals surface area contributed by atoms with Gasteiger partial charge in [0, 0.05) is 49.5 Å². The van der Waals surface area contributed by atoms with E-state index in [1.54, 1.807) is 18.4 Å². The summed E-state index contributed by atoms with van der Waals surface area (Å²) in [4.78, 5) is 12.1. The molecule has 0 saturated carbocycles. The third-order valence-corrected chi connectivity index (χ3v) is 6.57. The van der Waals surface area contributed by atoms with Crippen molar-refractivity contribution in [3.8, 4) is 5.75 Å². The Morgan fingerprint density at radius 1 is 1.10 bits per heavy atom. The van der Waals surface area contributed by atoms with E-state index in [1.165, 1.54) is 22.7 Å². The summed E-state index contributed by atoms with van der Waals surface area (Å²) < 4.78 is 7.49. The van der Waals surface area contributed by atoms with E-state index in [9.17, 15) is 0 Å². The second kappa shape index (κ2) is 9.15. The molecule has 3 heterocycles. The van der Waals surface area contributed by atoms with Crippen molar-refractivity contribution in [3.05, 3.63) is 46.7 Å². The molecule has 4 rings (SSSR count). The molecule has 1 aromatic carbocycles. The molecule has 0 unspecified atom stereocenters. The summed E-state index contributed by atoms with van der Waals surface area (Å²) in [5.74, 6) is 0.917. The topological polar surface area (TPSA) is 45.0 Å². The van der Waals surface area contributed by atoms with Crippen molar-refractivity contribution >= 4 is 22.0 Å². The van der Waals surface area contributed by atoms with Crippen molar-refractivity contribution in [1.82, 2.24) is 19.6 Å². The van der Waals surface area contributed by atoms with Gasteiger partial charge in [-0.2, -0.15) is 0 Å². The van der Waals surface area contributed by atoms with Crippen LogP contribution < -0.4 is 15.0 Å². The van der Waals surface area contributed by atoms with E-state index in [4.69, 9.17) is 4.74 Å². The van der Waals surface area contributed by atoms with E-state index < -0.39 is 0 Å². The third kappa shape index (κ3) is 4.74. The minimum Gasteiger partial charge on any atom is -0.497 e. The smallest absolute Gasteiger partial charge is 0.194 e. The molecule has 0 atom stereocenters. The summed E-state index contributed by atoms with van der Waals surface area (Å²) in [5.41, 5.74) is 3.72. The second-order valence-electron chi connectivity index (χ2n) is 7.70. The number of fused-ring (bicyclic) bond motifs is 1. The lowest BCUT2D eigenvalue weighted by Crippen LogP contribution is -2.46. The van der Waals surface area contributed by atoms with Gasteiger partial charge < -0.3 is 15.0 Å². The molecule has 6 nitrogen and oxygen atoms in total. The van der Waals surface area contributed by atoms with Gasteiger partial charge in [-0.05, 0) is 57.6 Å². The number of nitrogens with zero attached hydrogens (tertiary/aromatic N) is 4. The number of piperazine rings is 1. The maximum absolute atomic E-state index is 5.25. The Morgan fingerprint density at radius 3 is 2.59 bits per heavy atom. The summed E-state index contributed by atoms with van der Waals surface area (Å²) in [7, 11) is 1.71. The highest BCUT2D eigenvalue weighted by atomic mass is 32.1. The molecule has 1 aliphatic rings. The first-order valence-corrected chi connectivity index (χ1v) is 11.2. The zero-order valence-electron chi connectivity index (χ0n) is 17.6. The van der Waals surface area contributed by atoms with Gasteiger partial charge in [-0.1, -0.05) is 0 Å². The van der Waals surface area contributed by atoms with E-state index >= 15 is 0 Å². The Balaban J connectivity index is 1.17. The van der Waals surface area contributed by atoms with Crippen molar-refractivity contribution in [3.63, 3.8) is 0 Å². The average molecular weight is 414 g/mol. The van der Waals surface area contributed by atoms with E-state index in [0.29, 0.717) is 0 Å². The molecule has 1 N–H and O–H groups in total. The molecule has 1 aliphatic heterocycles. The van der Waals surface area contributed by atoms with Gasteiger partial charge in [0.2, 0.25) is 0 Å². The largest absolute Gasteiger partial charge is 0.497 e. The van der Waals surface area contributed by atoms with Crippen LogP contribution in [-0.2, 0) is 6.54 Å². The van der Waals surface area contributed by atoms with E-state index in [-0.39, 0.29) is 0 Å². The van der Waals surface area contributed by atoms with Crippen LogP contribution in [-0.4, -0.2) is 60.7 Å². The van der Waals surface area contributed by atoms with E-state index in [2.05, 4.69) is 56.7 Å². The standard InChI is InChI=1S/C22H31N5OS/c1-17-16-27-21(18(2)24-22(27)29-17)15-23-9-4-10-25-11-13-26(14-12-25)19-5-7-20(28-3)8-6-19/h5-8,16,23H,4,9-15H2,1-3H3. The summed E-state index contributed by atoms with van der Waals surface area (Å²) >= 11 is 1.76. The number of hydrogen-bond donors (Lipinski definition) is 1. The monoisotopic (exact) mass is 413 g/mol. The fourth-order valence-corrected chi connectivity index (χ4v) is 4.87. The van der Waals surface area contributed by atoms with Crippen molar-refractivity contribution in [2.24, 2.45) is 0 Å². The molecule has 156 valence electrons. The number of imidazole rings is 1. The number of rotatable bonds is 8. The number of hydrogen-bond acceptors (Lipinski definition) is 6. The van der Waals surface area contributed by atoms with Crippen LogP contribution in [0.25, 0.3) is 4.96 Å². The fourth-order valence-electron chi connectivity index (χ4n) is 3.98. The fraction of sp³-hybridized carbons (Fsp3) is 0.500. The van der Waals surface area contributed by atoms with Crippen LogP contribution in [0.1, 0.15) is 22.7 Å². The Bertz CT molecular complexity index is 925. The zero-order chi connectivity index (χ0) is 20.2. The molecule has 0 bridgehead atoms. The Morgan fingerprint density at radius 2 is 1.86 bits per heavy atom. The lowest BCUT2D eigenvalue weighted by Gasteiger charge is -2.36. The number of aryl methyl sites for hydroxylation is 2. The van der Waals surface area contributed by atoms with Crippen molar-refractivity contribution < 1.29 is 4.74 Å². The van der Waals surface area contributed by atoms with Crippen molar-refractivity contribution in [2.45, 2.75) is 26.8 Å². The van der Waals surface area contributed by atoms with Crippen molar-refractivity contribution in [2.75, 3.05) is 51.3 Å². The van der Waals surface area contributed by atoms with Crippen LogP contribution in [0.15, 0.2) is 30.5 Å². The number of nitrogens with one attached hydrogen (secondary N) is 1. The highest BCUT2D eigenvalue weighted by molar-refractivity contribution is 7.17. The van der Waals surface area contributed by atoms with Gasteiger partial charge >= 0.3 is 0 Å². The van der Waals surface area contributed by atoms with Crippen LogP contribution in [0.3, 0.4) is 0 Å². The van der Waals surface area contributed by atoms with Gasteiger partial charge in [-0.3, -0.25) is 9.30 Å². The predicted octanol–water partition coefficient (Wildman–Crippen LogP) is 3.32. The van der Waals surface area contributed by atoms with E-state index in [1.807, 2.05) is 12.1 Å². The number of aromatic nitrogens is 2. The highest BCUT2D eigenvalue weighted by Gasteiger charge is 2.17. The molecule has 3 aromatic rings. The molecular formula is C22H31N5OS. The van der Waals surface area contributed by atoms with Gasteiger partial charge in [0.05, 0.1) is 18.5 Å². The summed E-state index contributed by atoms with van der Waals surface area (Å²) in [5, 5.41) is 3.61. The molecule has 1 saturated heterocycles. The van der Waals surface area contributed by atoms with Crippen molar-refractivity contribution in [1.29, 1.82) is 0 Å². The number of thiazole rings is 1. The second-order valence-corrected chi connectivity index (χ2v) is 8.91. The summed E-state index contributed by atoms with van der Waals surface area (Å²) in [6.07, 6.45) is 3.37. The number of ether oxygens (including phenoxy) is 1. The first-order valence-electron chi connectivity index (χ1n) is 10.4.